The molecule has 2 aromatic rings. The molecule has 2 heterocycles. The number of carbonyl (C=O) groups excluding carboxylic acids is 2. The number of amides is 1. The number of aromatic amines is 1. The molecule has 0 bridgehead atoms. The highest BCUT2D eigenvalue weighted by atomic mass is 16.5. The molecule has 24 heavy (non-hydrogen) atoms. The number of aryl methyl sites for hydroxylation is 1. The first-order valence-electron chi connectivity index (χ1n) is 8.33. The van der Waals surface area contributed by atoms with Crippen LogP contribution in [0.25, 0.3) is 0 Å². The number of hydrogen-bond acceptors (Lipinski definition) is 3. The monoisotopic (exact) mass is 324 g/mol. The van der Waals surface area contributed by atoms with Crippen LogP contribution < -0.4 is 9.64 Å². The Morgan fingerprint density at radius 2 is 2.08 bits per heavy atom. The Morgan fingerprint density at radius 3 is 2.83 bits per heavy atom. The van der Waals surface area contributed by atoms with E-state index in [4.69, 9.17) is 4.74 Å². The minimum absolute atomic E-state index is 0.0568. The second-order valence-electron chi connectivity index (χ2n) is 6.46. The van der Waals surface area contributed by atoms with Crippen LogP contribution in [0.2, 0.25) is 0 Å². The molecule has 1 aliphatic carbocycles. The van der Waals surface area contributed by atoms with Gasteiger partial charge in [0.1, 0.15) is 11.4 Å². The number of carbonyl (C=O) groups is 2. The van der Waals surface area contributed by atoms with Crippen molar-refractivity contribution in [3.63, 3.8) is 0 Å². The van der Waals surface area contributed by atoms with E-state index in [1.807, 2.05) is 25.1 Å². The van der Waals surface area contributed by atoms with E-state index in [2.05, 4.69) is 4.98 Å². The molecular formula is C19H20N2O3. The van der Waals surface area contributed by atoms with Crippen LogP contribution in [0.4, 0.5) is 5.69 Å². The van der Waals surface area contributed by atoms with Crippen molar-refractivity contribution >= 4 is 17.4 Å². The number of ketones is 1. The van der Waals surface area contributed by atoms with Gasteiger partial charge in [0.05, 0.1) is 7.11 Å². The van der Waals surface area contributed by atoms with E-state index in [9.17, 15) is 9.59 Å². The molecule has 5 nitrogen and oxygen atoms in total. The number of nitrogens with one attached hydrogen (secondary N) is 1. The van der Waals surface area contributed by atoms with Crippen molar-refractivity contribution < 1.29 is 14.3 Å². The second-order valence-corrected chi connectivity index (χ2v) is 6.46. The number of methoxy groups -OCH3 is 1. The molecule has 0 unspecified atom stereocenters. The third-order valence-corrected chi connectivity index (χ3v) is 5.08. The van der Waals surface area contributed by atoms with Crippen molar-refractivity contribution in [2.45, 2.75) is 32.6 Å². The van der Waals surface area contributed by atoms with Gasteiger partial charge in [-0.2, -0.15) is 0 Å². The number of nitrogens with zero attached hydrogens (tertiary/aromatic N) is 1. The summed E-state index contributed by atoms with van der Waals surface area (Å²) in [6.07, 6.45) is 3.08. The molecule has 0 saturated heterocycles. The Morgan fingerprint density at radius 1 is 1.25 bits per heavy atom. The largest absolute Gasteiger partial charge is 0.497 e. The molecule has 5 heteroatoms. The number of fused-ring (bicyclic) bond motifs is 2. The lowest BCUT2D eigenvalue weighted by molar-refractivity contribution is 0.0970. The van der Waals surface area contributed by atoms with Crippen LogP contribution >= 0.6 is 0 Å². The van der Waals surface area contributed by atoms with E-state index in [1.54, 1.807) is 12.0 Å². The molecule has 0 spiro atoms. The molecule has 0 radical (unpaired) electrons. The van der Waals surface area contributed by atoms with Crippen LogP contribution in [0.15, 0.2) is 18.2 Å². The molecule has 1 aromatic heterocycles. The van der Waals surface area contributed by atoms with E-state index in [1.165, 1.54) is 0 Å². The number of H-pyrrole nitrogens is 1. The fourth-order valence-corrected chi connectivity index (χ4v) is 3.84. The van der Waals surface area contributed by atoms with Crippen molar-refractivity contribution in [3.8, 4) is 5.75 Å². The molecular weight excluding hydrogens is 304 g/mol. The van der Waals surface area contributed by atoms with Crippen LogP contribution in [0, 0.1) is 6.92 Å². The van der Waals surface area contributed by atoms with Gasteiger partial charge in [0, 0.05) is 29.9 Å². The number of rotatable bonds is 2. The summed E-state index contributed by atoms with van der Waals surface area (Å²) in [5, 5.41) is 0. The molecule has 124 valence electrons. The molecule has 0 atom stereocenters. The first kappa shape index (κ1) is 15.0. The highest BCUT2D eigenvalue weighted by Gasteiger charge is 2.31. The van der Waals surface area contributed by atoms with Crippen LogP contribution in [0.1, 0.15) is 50.5 Å². The highest BCUT2D eigenvalue weighted by molar-refractivity contribution is 6.10. The zero-order chi connectivity index (χ0) is 16.8. The van der Waals surface area contributed by atoms with Crippen molar-refractivity contribution in [1.82, 2.24) is 4.98 Å². The first-order valence-corrected chi connectivity index (χ1v) is 8.33. The third kappa shape index (κ3) is 2.15. The smallest absolute Gasteiger partial charge is 0.275 e. The maximum Gasteiger partial charge on any atom is 0.275 e. The first-order chi connectivity index (χ1) is 11.6. The summed E-state index contributed by atoms with van der Waals surface area (Å²) in [5.41, 5.74) is 5.05. The normalized spacial score (nSPS) is 16.1. The number of anilines is 1. The van der Waals surface area contributed by atoms with Gasteiger partial charge in [-0.25, -0.2) is 0 Å². The molecule has 0 fully saturated rings. The van der Waals surface area contributed by atoms with Crippen LogP contribution in [-0.4, -0.2) is 30.3 Å². The quantitative estimate of drug-likeness (QED) is 0.923. The summed E-state index contributed by atoms with van der Waals surface area (Å²) in [4.78, 5) is 30.3. The van der Waals surface area contributed by atoms with Crippen molar-refractivity contribution in [3.05, 3.63) is 46.3 Å². The Kier molecular flexibility index (Phi) is 3.44. The summed E-state index contributed by atoms with van der Waals surface area (Å²) in [6.45, 7) is 2.52. The minimum atomic E-state index is -0.0568. The standard InChI is InChI=1S/C19H20N2O3/c1-11-17-14(4-3-5-16(17)22)20-18(11)19(23)21-9-8-12-10-13(24-2)6-7-15(12)21/h6-7,10,20H,3-5,8-9H2,1-2H3. The lowest BCUT2D eigenvalue weighted by Gasteiger charge is -2.17. The average Bonchev–Trinajstić information content (AvgIpc) is 3.16. The molecule has 0 saturated carbocycles. The topological polar surface area (TPSA) is 62.4 Å². The summed E-state index contributed by atoms with van der Waals surface area (Å²) < 4.78 is 5.26. The van der Waals surface area contributed by atoms with Crippen LogP contribution in [0.5, 0.6) is 5.75 Å². The van der Waals surface area contributed by atoms with Gasteiger partial charge in [-0.15, -0.1) is 0 Å². The van der Waals surface area contributed by atoms with E-state index in [0.29, 0.717) is 18.7 Å². The van der Waals surface area contributed by atoms with Gasteiger partial charge in [0.25, 0.3) is 5.91 Å². The number of ether oxygens (including phenoxy) is 1. The van der Waals surface area contributed by atoms with Gasteiger partial charge >= 0.3 is 0 Å². The van der Waals surface area contributed by atoms with Gasteiger partial charge in [-0.05, 0) is 55.5 Å². The Hall–Kier alpha value is -2.56. The van der Waals surface area contributed by atoms with Gasteiger partial charge in [0.2, 0.25) is 0 Å². The zero-order valence-corrected chi connectivity index (χ0v) is 13.9. The molecule has 1 aromatic carbocycles. The fraction of sp³-hybridized carbons (Fsp3) is 0.368. The molecule has 1 N–H and O–H groups in total. The van der Waals surface area contributed by atoms with E-state index in [0.717, 1.165) is 53.1 Å². The SMILES string of the molecule is COc1ccc2c(c1)CCN2C(=O)c1[nH]c2c(c1C)C(=O)CCC2. The van der Waals surface area contributed by atoms with Gasteiger partial charge in [-0.3, -0.25) is 9.59 Å². The number of Topliss-reactive ketones (excluding diaryl/α,β-unsaturated/α-hetero) is 1. The Labute approximate surface area is 140 Å². The maximum atomic E-state index is 13.1. The maximum absolute atomic E-state index is 13.1. The fourth-order valence-electron chi connectivity index (χ4n) is 3.84. The summed E-state index contributed by atoms with van der Waals surface area (Å²) in [7, 11) is 1.64. The lowest BCUT2D eigenvalue weighted by Crippen LogP contribution is -2.29. The van der Waals surface area contributed by atoms with Gasteiger partial charge < -0.3 is 14.6 Å². The number of hydrogen-bond donors (Lipinski definition) is 1. The predicted octanol–water partition coefficient (Wildman–Crippen LogP) is 3.05. The van der Waals surface area contributed by atoms with Crippen molar-refractivity contribution in [2.75, 3.05) is 18.6 Å². The number of benzene rings is 1. The average molecular weight is 324 g/mol. The molecule has 4 rings (SSSR count). The van der Waals surface area contributed by atoms with Crippen LogP contribution in [0.3, 0.4) is 0 Å². The highest BCUT2D eigenvalue weighted by Crippen LogP contribution is 2.34. The van der Waals surface area contributed by atoms with E-state index >= 15 is 0 Å². The molecule has 1 amide bonds. The Balaban J connectivity index is 1.71. The van der Waals surface area contributed by atoms with E-state index < -0.39 is 0 Å². The Bertz CT molecular complexity index is 851. The van der Waals surface area contributed by atoms with Crippen molar-refractivity contribution in [1.29, 1.82) is 0 Å². The lowest BCUT2D eigenvalue weighted by atomic mass is 9.94. The summed E-state index contributed by atoms with van der Waals surface area (Å²) in [5.74, 6) is 0.898. The number of aromatic nitrogens is 1. The molecule has 1 aliphatic heterocycles. The van der Waals surface area contributed by atoms with E-state index in [-0.39, 0.29) is 11.7 Å². The predicted molar refractivity (Wildman–Crippen MR) is 91.2 cm³/mol. The zero-order valence-electron chi connectivity index (χ0n) is 13.9. The summed E-state index contributed by atoms with van der Waals surface area (Å²) in [6, 6.07) is 5.79. The van der Waals surface area contributed by atoms with Gasteiger partial charge in [-0.1, -0.05) is 0 Å². The third-order valence-electron chi connectivity index (χ3n) is 5.08. The second kappa shape index (κ2) is 5.51. The van der Waals surface area contributed by atoms with Crippen molar-refractivity contribution in [2.24, 2.45) is 0 Å². The van der Waals surface area contributed by atoms with Crippen LogP contribution in [-0.2, 0) is 12.8 Å². The molecule has 2 aliphatic rings. The minimum Gasteiger partial charge on any atom is -0.497 e. The van der Waals surface area contributed by atoms with Gasteiger partial charge in [0.15, 0.2) is 5.78 Å². The summed E-state index contributed by atoms with van der Waals surface area (Å²) >= 11 is 0.